The van der Waals surface area contributed by atoms with Crippen molar-refractivity contribution in [2.24, 2.45) is 11.7 Å². The number of aryl methyl sites for hydroxylation is 2. The molecule has 106 valence electrons. The van der Waals surface area contributed by atoms with Crippen molar-refractivity contribution in [1.82, 2.24) is 4.90 Å². The van der Waals surface area contributed by atoms with Crippen molar-refractivity contribution in [3.05, 3.63) is 34.9 Å². The molecule has 0 radical (unpaired) electrons. The zero-order valence-electron chi connectivity index (χ0n) is 12.8. The van der Waals surface area contributed by atoms with Gasteiger partial charge in [-0.1, -0.05) is 32.0 Å². The van der Waals surface area contributed by atoms with Crippen molar-refractivity contribution < 1.29 is 0 Å². The van der Waals surface area contributed by atoms with Gasteiger partial charge < -0.3 is 5.73 Å². The fourth-order valence-electron chi connectivity index (χ4n) is 3.46. The summed E-state index contributed by atoms with van der Waals surface area (Å²) in [7, 11) is 0. The molecule has 1 saturated heterocycles. The molecule has 1 heterocycles. The second-order valence-electron chi connectivity index (χ2n) is 6.45. The number of nitrogens with zero attached hydrogens (tertiary/aromatic N) is 1. The molecule has 19 heavy (non-hydrogen) atoms. The van der Waals surface area contributed by atoms with Gasteiger partial charge in [-0.15, -0.1) is 0 Å². The molecular formula is C17H28N2. The first kappa shape index (κ1) is 14.5. The number of rotatable bonds is 3. The highest BCUT2D eigenvalue weighted by Gasteiger charge is 2.32. The molecule has 0 spiro atoms. The van der Waals surface area contributed by atoms with Gasteiger partial charge in [0.25, 0.3) is 0 Å². The van der Waals surface area contributed by atoms with Crippen LogP contribution in [0.25, 0.3) is 0 Å². The lowest BCUT2D eigenvalue weighted by Gasteiger charge is -2.42. The van der Waals surface area contributed by atoms with Crippen LogP contribution in [0.2, 0.25) is 0 Å². The predicted octanol–water partition coefficient (Wildman–Crippen LogP) is 3.42. The minimum absolute atomic E-state index is 0.271. The lowest BCUT2D eigenvalue weighted by Crippen LogP contribution is -2.47. The Kier molecular flexibility index (Phi) is 4.64. The summed E-state index contributed by atoms with van der Waals surface area (Å²) < 4.78 is 0. The van der Waals surface area contributed by atoms with Crippen LogP contribution in [0.1, 0.15) is 49.4 Å². The molecule has 2 unspecified atom stereocenters. The molecule has 0 aliphatic carbocycles. The summed E-state index contributed by atoms with van der Waals surface area (Å²) in [6.07, 6.45) is 2.38. The van der Waals surface area contributed by atoms with E-state index in [1.807, 2.05) is 0 Å². The molecular weight excluding hydrogens is 232 g/mol. The third-order valence-electron chi connectivity index (χ3n) is 4.22. The zero-order valence-corrected chi connectivity index (χ0v) is 12.8. The van der Waals surface area contributed by atoms with Crippen molar-refractivity contribution in [3.63, 3.8) is 0 Å². The molecule has 0 saturated carbocycles. The van der Waals surface area contributed by atoms with Gasteiger partial charge >= 0.3 is 0 Å². The second-order valence-corrected chi connectivity index (χ2v) is 6.45. The molecule has 0 aromatic heterocycles. The van der Waals surface area contributed by atoms with Gasteiger partial charge in [-0.05, 0) is 55.8 Å². The number of hydrogen-bond donors (Lipinski definition) is 1. The van der Waals surface area contributed by atoms with Gasteiger partial charge in [0, 0.05) is 12.6 Å². The Morgan fingerprint density at radius 1 is 1.26 bits per heavy atom. The van der Waals surface area contributed by atoms with E-state index >= 15 is 0 Å². The maximum Gasteiger partial charge on any atom is 0.0504 e. The van der Waals surface area contributed by atoms with Crippen molar-refractivity contribution >= 4 is 0 Å². The summed E-state index contributed by atoms with van der Waals surface area (Å²) in [5, 5.41) is 0. The van der Waals surface area contributed by atoms with Crippen molar-refractivity contribution in [3.8, 4) is 0 Å². The average molecular weight is 260 g/mol. The smallest absolute Gasteiger partial charge is 0.0504 e. The van der Waals surface area contributed by atoms with Gasteiger partial charge in [0.1, 0.15) is 0 Å². The Balaban J connectivity index is 2.36. The fourth-order valence-corrected chi connectivity index (χ4v) is 3.46. The quantitative estimate of drug-likeness (QED) is 0.902. The minimum Gasteiger partial charge on any atom is -0.326 e. The molecule has 1 aliphatic rings. The summed E-state index contributed by atoms with van der Waals surface area (Å²) in [5.41, 5.74) is 10.7. The van der Waals surface area contributed by atoms with E-state index in [1.165, 1.54) is 29.7 Å². The Morgan fingerprint density at radius 3 is 2.47 bits per heavy atom. The molecule has 2 nitrogen and oxygen atoms in total. The Hall–Kier alpha value is -0.860. The minimum atomic E-state index is 0.271. The highest BCUT2D eigenvalue weighted by Crippen LogP contribution is 2.34. The highest BCUT2D eigenvalue weighted by atomic mass is 15.2. The van der Waals surface area contributed by atoms with Gasteiger partial charge in [-0.2, -0.15) is 0 Å². The molecule has 0 amide bonds. The van der Waals surface area contributed by atoms with Gasteiger partial charge in [0.15, 0.2) is 0 Å². The largest absolute Gasteiger partial charge is 0.326 e. The summed E-state index contributed by atoms with van der Waals surface area (Å²) in [5.74, 6) is 0.692. The molecule has 2 heteroatoms. The van der Waals surface area contributed by atoms with E-state index < -0.39 is 0 Å². The molecule has 2 atom stereocenters. The van der Waals surface area contributed by atoms with Crippen LogP contribution in [0.5, 0.6) is 0 Å². The second kappa shape index (κ2) is 6.06. The molecule has 1 aliphatic heterocycles. The molecule has 2 N–H and O–H groups in total. The van der Waals surface area contributed by atoms with E-state index in [9.17, 15) is 0 Å². The molecule has 1 fully saturated rings. The number of nitrogens with two attached hydrogens (primary N) is 1. The molecule has 1 aromatic carbocycles. The summed E-state index contributed by atoms with van der Waals surface area (Å²) in [6, 6.07) is 7.26. The fraction of sp³-hybridized carbons (Fsp3) is 0.647. The van der Waals surface area contributed by atoms with Crippen molar-refractivity contribution in [2.75, 3.05) is 13.1 Å². The van der Waals surface area contributed by atoms with Crippen molar-refractivity contribution in [1.29, 1.82) is 0 Å². The first-order chi connectivity index (χ1) is 9.00. The van der Waals surface area contributed by atoms with Crippen LogP contribution in [-0.2, 0) is 0 Å². The van der Waals surface area contributed by atoms with E-state index in [4.69, 9.17) is 5.73 Å². The zero-order chi connectivity index (χ0) is 14.0. The third kappa shape index (κ3) is 3.18. The third-order valence-corrected chi connectivity index (χ3v) is 4.22. The first-order valence-corrected chi connectivity index (χ1v) is 7.56. The van der Waals surface area contributed by atoms with Gasteiger partial charge in [-0.3, -0.25) is 4.90 Å². The van der Waals surface area contributed by atoms with E-state index in [0.717, 1.165) is 13.0 Å². The lowest BCUT2D eigenvalue weighted by molar-refractivity contribution is 0.113. The summed E-state index contributed by atoms with van der Waals surface area (Å²) >= 11 is 0. The van der Waals surface area contributed by atoms with Crippen LogP contribution in [-0.4, -0.2) is 24.0 Å². The van der Waals surface area contributed by atoms with Gasteiger partial charge in [-0.25, -0.2) is 0 Å². The molecule has 0 bridgehead atoms. The standard InChI is InChI=1S/C17H28N2/c1-12(2)11-19-10-6-9-15(18)17(19)16-13(3)7-5-8-14(16)4/h5,7-8,12,15,17H,6,9-11,18H2,1-4H3. The van der Waals surface area contributed by atoms with Crippen LogP contribution in [0.15, 0.2) is 18.2 Å². The number of piperidine rings is 1. The van der Waals surface area contributed by atoms with Crippen LogP contribution < -0.4 is 5.73 Å². The van der Waals surface area contributed by atoms with E-state index in [1.54, 1.807) is 0 Å². The van der Waals surface area contributed by atoms with E-state index in [0.29, 0.717) is 12.0 Å². The van der Waals surface area contributed by atoms with Crippen LogP contribution in [0.3, 0.4) is 0 Å². The number of likely N-dealkylation sites (tertiary alicyclic amines) is 1. The van der Waals surface area contributed by atoms with E-state index in [2.05, 4.69) is 50.8 Å². The van der Waals surface area contributed by atoms with Gasteiger partial charge in [0.05, 0.1) is 6.04 Å². The lowest BCUT2D eigenvalue weighted by atomic mass is 9.85. The van der Waals surface area contributed by atoms with Crippen LogP contribution >= 0.6 is 0 Å². The van der Waals surface area contributed by atoms with E-state index in [-0.39, 0.29) is 6.04 Å². The Labute approximate surface area is 118 Å². The van der Waals surface area contributed by atoms with Crippen LogP contribution in [0.4, 0.5) is 0 Å². The number of benzene rings is 1. The van der Waals surface area contributed by atoms with Crippen LogP contribution in [0, 0.1) is 19.8 Å². The maximum absolute atomic E-state index is 6.47. The SMILES string of the molecule is Cc1cccc(C)c1C1C(N)CCCN1CC(C)C. The normalized spacial score (nSPS) is 24.9. The predicted molar refractivity (Wildman–Crippen MR) is 82.3 cm³/mol. The molecule has 2 rings (SSSR count). The number of hydrogen-bond acceptors (Lipinski definition) is 2. The monoisotopic (exact) mass is 260 g/mol. The summed E-state index contributed by atoms with van der Waals surface area (Å²) in [6.45, 7) is 11.4. The summed E-state index contributed by atoms with van der Waals surface area (Å²) in [4.78, 5) is 2.61. The van der Waals surface area contributed by atoms with Crippen molar-refractivity contribution in [2.45, 2.75) is 52.6 Å². The Morgan fingerprint density at radius 2 is 1.89 bits per heavy atom. The highest BCUT2D eigenvalue weighted by molar-refractivity contribution is 5.37. The maximum atomic E-state index is 6.47. The molecule has 1 aromatic rings. The Bertz CT molecular complexity index is 405. The first-order valence-electron chi connectivity index (χ1n) is 7.56. The van der Waals surface area contributed by atoms with Gasteiger partial charge in [0.2, 0.25) is 0 Å². The topological polar surface area (TPSA) is 29.3 Å². The average Bonchev–Trinajstić information content (AvgIpc) is 2.31.